The normalized spacial score (nSPS) is 13.6. The van der Waals surface area contributed by atoms with E-state index < -0.39 is 12.1 Å². The summed E-state index contributed by atoms with van der Waals surface area (Å²) in [6, 6.07) is 0. The van der Waals surface area contributed by atoms with Gasteiger partial charge in [-0.3, -0.25) is 14.4 Å². The van der Waals surface area contributed by atoms with E-state index in [1.54, 1.807) is 0 Å². The Bertz CT molecular complexity index is 2080. The minimum absolute atomic E-state index is 0.145. The highest BCUT2D eigenvalue weighted by Crippen LogP contribution is 2.12. The van der Waals surface area contributed by atoms with Crippen LogP contribution in [-0.4, -0.2) is 37.2 Å². The molecule has 0 heterocycles. The predicted molar refractivity (Wildman–Crippen MR) is 361 cm³/mol. The number of carbonyl (C=O) groups is 3. The molecule has 0 spiro atoms. The molecule has 0 amide bonds. The Morgan fingerprint density at radius 1 is 0.241 bits per heavy atom. The van der Waals surface area contributed by atoms with Gasteiger partial charge in [0.15, 0.2) is 6.10 Å². The minimum atomic E-state index is -0.863. The Morgan fingerprint density at radius 3 is 0.771 bits per heavy atom. The molecule has 0 aromatic carbocycles. The van der Waals surface area contributed by atoms with Crippen molar-refractivity contribution in [1.82, 2.24) is 0 Å². The van der Waals surface area contributed by atoms with Crippen molar-refractivity contribution in [2.45, 2.75) is 232 Å². The molecule has 6 heteroatoms. The fraction of sp³-hybridized carbons (Fsp3) is 0.494. The lowest BCUT2D eigenvalue weighted by Gasteiger charge is -2.18. The Morgan fingerprint density at radius 2 is 0.470 bits per heavy atom. The number of allylic oxidation sites excluding steroid dienone is 36. The summed E-state index contributed by atoms with van der Waals surface area (Å²) in [6.45, 7) is 6.16. The number of hydrogen-bond donors (Lipinski definition) is 0. The fourth-order valence-corrected chi connectivity index (χ4v) is 7.78. The second-order valence-electron chi connectivity index (χ2n) is 20.2. The molecule has 6 nitrogen and oxygen atoms in total. The maximum atomic E-state index is 12.9. The van der Waals surface area contributed by atoms with E-state index in [0.717, 1.165) is 154 Å². The van der Waals surface area contributed by atoms with Crippen LogP contribution in [0.1, 0.15) is 226 Å². The summed E-state index contributed by atoms with van der Waals surface area (Å²) in [7, 11) is 0. The molecule has 83 heavy (non-hydrogen) atoms. The molecule has 0 rings (SSSR count). The zero-order valence-corrected chi connectivity index (χ0v) is 52.4. The maximum absolute atomic E-state index is 12.9. The molecule has 458 valence electrons. The first kappa shape index (κ1) is 76.7. The molecule has 0 aromatic rings. The van der Waals surface area contributed by atoms with Gasteiger partial charge in [-0.15, -0.1) is 0 Å². The van der Waals surface area contributed by atoms with Crippen molar-refractivity contribution in [2.75, 3.05) is 13.2 Å². The number of unbranched alkanes of at least 4 members (excludes halogenated alkanes) is 8. The van der Waals surface area contributed by atoms with Gasteiger partial charge in [0.1, 0.15) is 13.2 Å². The van der Waals surface area contributed by atoms with Gasteiger partial charge >= 0.3 is 17.9 Å². The standard InChI is InChI=1S/C77H114O6/c1-4-7-10-13-16-19-22-25-28-31-33-34-35-36-37-38-39-40-41-42-44-46-49-52-55-58-61-64-67-70-76(79)82-73-74(72-81-75(78)69-66-63-60-57-54-51-48-45-30-27-24-21-18-15-12-9-6-3)83-77(80)71-68-65-62-59-56-53-50-47-43-32-29-26-23-20-17-14-11-8-5-2/h7-12,16-21,25-30,33-34,36-37,39-40,42-44,47,49,52-53,56,58,61-62,65,74H,4-6,13-15,22-24,31-32,35,38,41,45-46,48,50-51,54-55,57,59-60,63-64,66-73H2,1-3H3/b10-7-,11-8-,12-9-,19-16-,20-17-,21-18-,28-25-,29-26-,30-27-,34-33-,37-36-,40-39-,44-42-,47-43-,52-49-,56-53-,61-58-,65-62-. The predicted octanol–water partition coefficient (Wildman–Crippen LogP) is 22.5. The number of esters is 3. The molecule has 0 bridgehead atoms. The molecule has 0 saturated heterocycles. The highest BCUT2D eigenvalue weighted by Gasteiger charge is 2.19. The van der Waals surface area contributed by atoms with Crippen molar-refractivity contribution in [2.24, 2.45) is 0 Å². The average molecular weight is 1140 g/mol. The number of carbonyl (C=O) groups excluding carboxylic acids is 3. The van der Waals surface area contributed by atoms with Gasteiger partial charge in [0.25, 0.3) is 0 Å². The molecule has 0 saturated carbocycles. The van der Waals surface area contributed by atoms with Crippen LogP contribution in [0.2, 0.25) is 0 Å². The number of rotatable bonds is 55. The van der Waals surface area contributed by atoms with Crippen LogP contribution in [0.15, 0.2) is 219 Å². The Hall–Kier alpha value is -6.27. The molecule has 0 aliphatic carbocycles. The summed E-state index contributed by atoms with van der Waals surface area (Å²) in [6.07, 6.45) is 107. The van der Waals surface area contributed by atoms with E-state index >= 15 is 0 Å². The van der Waals surface area contributed by atoms with Gasteiger partial charge in [-0.25, -0.2) is 0 Å². The maximum Gasteiger partial charge on any atom is 0.306 e. The van der Waals surface area contributed by atoms with Gasteiger partial charge in [0, 0.05) is 19.3 Å². The molecule has 0 aromatic heterocycles. The Kier molecular flexibility index (Phi) is 63.1. The first-order valence-corrected chi connectivity index (χ1v) is 32.2. The van der Waals surface area contributed by atoms with E-state index in [1.165, 1.54) is 19.3 Å². The van der Waals surface area contributed by atoms with E-state index in [-0.39, 0.29) is 38.0 Å². The van der Waals surface area contributed by atoms with Crippen LogP contribution in [-0.2, 0) is 28.6 Å². The Balaban J connectivity index is 4.62. The highest BCUT2D eigenvalue weighted by molar-refractivity contribution is 5.71. The highest BCUT2D eigenvalue weighted by atomic mass is 16.6. The van der Waals surface area contributed by atoms with Gasteiger partial charge in [-0.1, -0.05) is 272 Å². The van der Waals surface area contributed by atoms with Gasteiger partial charge in [0.2, 0.25) is 0 Å². The fourth-order valence-electron chi connectivity index (χ4n) is 7.78. The molecule has 0 radical (unpaired) electrons. The van der Waals surface area contributed by atoms with E-state index in [0.29, 0.717) is 19.3 Å². The van der Waals surface area contributed by atoms with Crippen molar-refractivity contribution in [3.05, 3.63) is 219 Å². The van der Waals surface area contributed by atoms with Gasteiger partial charge in [0.05, 0.1) is 0 Å². The van der Waals surface area contributed by atoms with Crippen molar-refractivity contribution in [3.8, 4) is 0 Å². The third-order valence-corrected chi connectivity index (χ3v) is 12.5. The summed E-state index contributed by atoms with van der Waals surface area (Å²) < 4.78 is 16.8. The van der Waals surface area contributed by atoms with Crippen LogP contribution in [0.4, 0.5) is 0 Å². The summed E-state index contributed by atoms with van der Waals surface area (Å²) >= 11 is 0. The summed E-state index contributed by atoms with van der Waals surface area (Å²) in [5, 5.41) is 0. The van der Waals surface area contributed by atoms with Crippen LogP contribution < -0.4 is 0 Å². The van der Waals surface area contributed by atoms with Crippen LogP contribution in [0, 0.1) is 0 Å². The third-order valence-electron chi connectivity index (χ3n) is 12.5. The SMILES string of the molecule is CC/C=C\C/C=C\C/C=C\C/C=C\C/C=C\C/C=C\C/C=C\C/C=C\C/C=C\CCCC(=O)OCC(COC(=O)CCCCCCCCC/C=C\C/C=C\C/C=C\CC)OC(=O)CC/C=C\C/C=C\C/C=C\C/C=C\C/C=C\C/C=C\CC. The second kappa shape index (κ2) is 68.2. The smallest absolute Gasteiger partial charge is 0.306 e. The molecule has 0 aliphatic heterocycles. The van der Waals surface area contributed by atoms with E-state index in [1.807, 2.05) is 12.2 Å². The van der Waals surface area contributed by atoms with Crippen molar-refractivity contribution < 1.29 is 28.6 Å². The van der Waals surface area contributed by atoms with Crippen molar-refractivity contribution in [3.63, 3.8) is 0 Å². The number of ether oxygens (including phenoxy) is 3. The van der Waals surface area contributed by atoms with E-state index in [4.69, 9.17) is 14.2 Å². The third kappa shape index (κ3) is 66.4. The molecule has 0 N–H and O–H groups in total. The quantitative estimate of drug-likeness (QED) is 0.0261. The molecule has 1 unspecified atom stereocenters. The zero-order chi connectivity index (χ0) is 59.9. The van der Waals surface area contributed by atoms with E-state index in [9.17, 15) is 14.4 Å². The molecule has 0 fully saturated rings. The van der Waals surface area contributed by atoms with Crippen LogP contribution in [0.25, 0.3) is 0 Å². The second-order valence-corrected chi connectivity index (χ2v) is 20.2. The molecule has 0 aliphatic rings. The van der Waals surface area contributed by atoms with Crippen molar-refractivity contribution >= 4 is 17.9 Å². The van der Waals surface area contributed by atoms with Crippen molar-refractivity contribution in [1.29, 1.82) is 0 Å². The summed E-state index contributed by atoms with van der Waals surface area (Å²) in [4.78, 5) is 38.3. The minimum Gasteiger partial charge on any atom is -0.462 e. The van der Waals surface area contributed by atoms with Gasteiger partial charge in [-0.05, 0) is 154 Å². The summed E-state index contributed by atoms with van der Waals surface area (Å²) in [5.74, 6) is -1.11. The van der Waals surface area contributed by atoms with Crippen LogP contribution in [0.3, 0.4) is 0 Å². The van der Waals surface area contributed by atoms with Gasteiger partial charge < -0.3 is 14.2 Å². The topological polar surface area (TPSA) is 78.9 Å². The van der Waals surface area contributed by atoms with Crippen LogP contribution in [0.5, 0.6) is 0 Å². The number of hydrogen-bond acceptors (Lipinski definition) is 6. The largest absolute Gasteiger partial charge is 0.462 e. The molecule has 1 atom stereocenters. The van der Waals surface area contributed by atoms with Gasteiger partial charge in [-0.2, -0.15) is 0 Å². The first-order valence-electron chi connectivity index (χ1n) is 32.2. The molecular weight excluding hydrogens is 1020 g/mol. The zero-order valence-electron chi connectivity index (χ0n) is 52.4. The average Bonchev–Trinajstić information content (AvgIpc) is 3.49. The summed E-state index contributed by atoms with van der Waals surface area (Å²) in [5.41, 5.74) is 0. The Labute approximate surface area is 508 Å². The van der Waals surface area contributed by atoms with Crippen LogP contribution >= 0.6 is 0 Å². The van der Waals surface area contributed by atoms with E-state index in [2.05, 4.69) is 227 Å². The first-order chi connectivity index (χ1) is 41.0. The monoisotopic (exact) mass is 1130 g/mol. The lowest BCUT2D eigenvalue weighted by Crippen LogP contribution is -2.30. The molecular formula is C77H114O6. The lowest BCUT2D eigenvalue weighted by atomic mass is 10.1. The lowest BCUT2D eigenvalue weighted by molar-refractivity contribution is -0.166.